The summed E-state index contributed by atoms with van der Waals surface area (Å²) in [6.07, 6.45) is 15.5. The fourth-order valence-electron chi connectivity index (χ4n) is 3.63. The highest BCUT2D eigenvalue weighted by molar-refractivity contribution is 5.75. The minimum Gasteiger partial charge on any atom is -1.00 e. The van der Waals surface area contributed by atoms with Crippen LogP contribution in [0.15, 0.2) is 0 Å². The molecule has 176 valence electrons. The molecule has 0 aliphatic rings. The highest BCUT2D eigenvalue weighted by Gasteiger charge is 2.28. The van der Waals surface area contributed by atoms with Crippen LogP contribution in [-0.2, 0) is 0 Å². The van der Waals surface area contributed by atoms with Crippen LogP contribution in [0.2, 0.25) is 0 Å². The summed E-state index contributed by atoms with van der Waals surface area (Å²) in [6, 6.07) is 0. The van der Waals surface area contributed by atoms with Crippen LogP contribution in [0.4, 0.5) is 0 Å². The van der Waals surface area contributed by atoms with Gasteiger partial charge in [0.2, 0.25) is 0 Å². The van der Waals surface area contributed by atoms with Crippen molar-refractivity contribution in [3.8, 4) is 0 Å². The Hall–Kier alpha value is 0. The lowest BCUT2D eigenvalue weighted by atomic mass is 10.2. The molecular weight excluding hydrogens is 469 g/mol. The predicted octanol–water partition coefficient (Wildman–Crippen LogP) is 3.76. The molecule has 0 aliphatic carbocycles. The first kappa shape index (κ1) is 31.2. The van der Waals surface area contributed by atoms with Crippen LogP contribution in [0.1, 0.15) is 119 Å². The lowest BCUT2D eigenvalue weighted by Gasteiger charge is -2.31. The summed E-state index contributed by atoms with van der Waals surface area (Å²) in [5, 5.41) is 0. The van der Waals surface area contributed by atoms with Gasteiger partial charge in [0, 0.05) is 0 Å². The average Bonchev–Trinajstić information content (AvgIpc) is 2.72. The van der Waals surface area contributed by atoms with Crippen LogP contribution in [0.3, 0.4) is 0 Å². The number of hydrogen-bond acceptors (Lipinski definition) is 0. The first-order chi connectivity index (χ1) is 13.7. The molecule has 0 saturated heterocycles. The predicted molar refractivity (Wildman–Crippen MR) is 128 cm³/mol. The van der Waals surface area contributed by atoms with Crippen molar-refractivity contribution in [2.75, 3.05) is 39.3 Å². The standard InChI is InChI=1S/C25H54N3.HI/c1-7-13-19-26(20-14-8-2)25(27(21-15-9-3)22-16-10-4)28(23-17-11-5)24-18-12-6;/h7-24H2,1-6H3;1H/q+1;/p-1. The van der Waals surface area contributed by atoms with Crippen molar-refractivity contribution in [2.24, 2.45) is 0 Å². The third-order valence-electron chi connectivity index (χ3n) is 5.54. The van der Waals surface area contributed by atoms with Gasteiger partial charge in [0.05, 0.1) is 39.3 Å². The monoisotopic (exact) mass is 523 g/mol. The average molecular weight is 524 g/mol. The molecule has 0 rings (SSSR count). The molecule has 0 spiro atoms. The highest BCUT2D eigenvalue weighted by atomic mass is 127. The maximum atomic E-state index is 2.77. The van der Waals surface area contributed by atoms with Crippen molar-refractivity contribution >= 4 is 5.96 Å². The van der Waals surface area contributed by atoms with Crippen molar-refractivity contribution in [1.29, 1.82) is 0 Å². The summed E-state index contributed by atoms with van der Waals surface area (Å²) in [5.41, 5.74) is 0. The van der Waals surface area contributed by atoms with Gasteiger partial charge in [-0.15, -0.1) is 0 Å². The fourth-order valence-corrected chi connectivity index (χ4v) is 3.63. The number of guanidine groups is 1. The van der Waals surface area contributed by atoms with Crippen molar-refractivity contribution in [2.45, 2.75) is 119 Å². The van der Waals surface area contributed by atoms with Crippen LogP contribution >= 0.6 is 0 Å². The van der Waals surface area contributed by atoms with E-state index in [9.17, 15) is 0 Å². The number of hydrogen-bond donors (Lipinski definition) is 0. The third-order valence-corrected chi connectivity index (χ3v) is 5.54. The normalized spacial score (nSPS) is 10.6. The quantitative estimate of drug-likeness (QED) is 0.117. The smallest absolute Gasteiger partial charge is 0.350 e. The minimum atomic E-state index is 0. The highest BCUT2D eigenvalue weighted by Crippen LogP contribution is 2.10. The summed E-state index contributed by atoms with van der Waals surface area (Å²) >= 11 is 0. The van der Waals surface area contributed by atoms with E-state index in [-0.39, 0.29) is 24.0 Å². The summed E-state index contributed by atoms with van der Waals surface area (Å²) < 4.78 is 2.77. The van der Waals surface area contributed by atoms with Gasteiger partial charge in [-0.25, -0.2) is 0 Å². The van der Waals surface area contributed by atoms with Gasteiger partial charge < -0.3 is 24.0 Å². The van der Waals surface area contributed by atoms with Gasteiger partial charge in [-0.05, 0) is 38.5 Å². The maximum Gasteiger partial charge on any atom is 0.350 e. The second-order valence-corrected chi connectivity index (χ2v) is 8.38. The molecule has 4 heteroatoms. The Morgan fingerprint density at radius 2 is 0.759 bits per heavy atom. The Morgan fingerprint density at radius 3 is 1.00 bits per heavy atom. The largest absolute Gasteiger partial charge is 1.00 e. The Balaban J connectivity index is 0. The van der Waals surface area contributed by atoms with Crippen molar-refractivity contribution in [3.63, 3.8) is 0 Å². The molecular formula is C25H54IN3. The molecule has 0 saturated carbocycles. The van der Waals surface area contributed by atoms with Crippen LogP contribution in [0, 0.1) is 0 Å². The molecule has 3 nitrogen and oxygen atoms in total. The van der Waals surface area contributed by atoms with Crippen molar-refractivity contribution in [3.05, 3.63) is 0 Å². The van der Waals surface area contributed by atoms with Gasteiger partial charge in [-0.3, -0.25) is 14.4 Å². The number of nitrogens with zero attached hydrogens (tertiary/aromatic N) is 3. The molecule has 0 fully saturated rings. The van der Waals surface area contributed by atoms with E-state index in [4.69, 9.17) is 0 Å². The van der Waals surface area contributed by atoms with Gasteiger partial charge in [-0.2, -0.15) is 0 Å². The molecule has 29 heavy (non-hydrogen) atoms. The Kier molecular flexibility index (Phi) is 24.4. The van der Waals surface area contributed by atoms with E-state index >= 15 is 0 Å². The number of unbranched alkanes of at least 4 members (excludes halogenated alkanes) is 6. The molecule has 0 aromatic rings. The Labute approximate surface area is 201 Å². The SMILES string of the molecule is CCCCN(CCCC)C(N(CCCC)CCCC)=[N+](CCCC)CCCC.[I-]. The lowest BCUT2D eigenvalue weighted by molar-refractivity contribution is -0.539. The first-order valence-corrected chi connectivity index (χ1v) is 12.8. The van der Waals surface area contributed by atoms with Gasteiger partial charge >= 0.3 is 5.96 Å². The zero-order valence-corrected chi connectivity index (χ0v) is 23.1. The van der Waals surface area contributed by atoms with E-state index in [1.807, 2.05) is 0 Å². The van der Waals surface area contributed by atoms with Crippen LogP contribution in [0.25, 0.3) is 0 Å². The number of rotatable bonds is 18. The van der Waals surface area contributed by atoms with Crippen molar-refractivity contribution < 1.29 is 28.6 Å². The van der Waals surface area contributed by atoms with Gasteiger partial charge in [0.1, 0.15) is 0 Å². The van der Waals surface area contributed by atoms with Gasteiger partial charge in [0.25, 0.3) is 0 Å². The van der Waals surface area contributed by atoms with Crippen LogP contribution in [-0.4, -0.2) is 59.6 Å². The van der Waals surface area contributed by atoms with Crippen molar-refractivity contribution in [1.82, 2.24) is 9.80 Å². The number of halogens is 1. The van der Waals surface area contributed by atoms with Crippen LogP contribution < -0.4 is 24.0 Å². The second kappa shape index (κ2) is 22.7. The zero-order chi connectivity index (χ0) is 21.0. The third kappa shape index (κ3) is 14.6. The molecule has 0 heterocycles. The van der Waals surface area contributed by atoms with E-state index in [1.165, 1.54) is 116 Å². The Morgan fingerprint density at radius 1 is 0.483 bits per heavy atom. The molecule has 0 aromatic heterocycles. The van der Waals surface area contributed by atoms with Gasteiger partial charge in [0.15, 0.2) is 0 Å². The minimum absolute atomic E-state index is 0. The lowest BCUT2D eigenvalue weighted by Crippen LogP contribution is -3.00. The molecule has 0 aliphatic heterocycles. The van der Waals surface area contributed by atoms with E-state index in [0.717, 1.165) is 0 Å². The Bertz CT molecular complexity index is 323. The summed E-state index contributed by atoms with van der Waals surface area (Å²) in [7, 11) is 0. The van der Waals surface area contributed by atoms with E-state index in [2.05, 4.69) is 55.9 Å². The molecule has 0 N–H and O–H groups in total. The summed E-state index contributed by atoms with van der Waals surface area (Å²) in [6.45, 7) is 21.3. The van der Waals surface area contributed by atoms with Gasteiger partial charge in [-0.1, -0.05) is 80.1 Å². The van der Waals surface area contributed by atoms with E-state index in [0.29, 0.717) is 0 Å². The molecule has 0 atom stereocenters. The second-order valence-electron chi connectivity index (χ2n) is 8.38. The topological polar surface area (TPSA) is 9.49 Å². The zero-order valence-electron chi connectivity index (χ0n) is 20.9. The molecule has 0 bridgehead atoms. The van der Waals surface area contributed by atoms with Crippen LogP contribution in [0.5, 0.6) is 0 Å². The van der Waals surface area contributed by atoms with E-state index in [1.54, 1.807) is 5.96 Å². The van der Waals surface area contributed by atoms with E-state index < -0.39 is 0 Å². The molecule has 0 aromatic carbocycles. The fraction of sp³-hybridized carbons (Fsp3) is 0.960. The summed E-state index contributed by atoms with van der Waals surface area (Å²) in [4.78, 5) is 5.54. The maximum absolute atomic E-state index is 2.77. The first-order valence-electron chi connectivity index (χ1n) is 12.8. The molecule has 0 amide bonds. The summed E-state index contributed by atoms with van der Waals surface area (Å²) in [5.74, 6) is 1.57. The molecule has 0 unspecified atom stereocenters. The molecule has 0 radical (unpaired) electrons.